The zero-order valence-electron chi connectivity index (χ0n) is 10.7. The second-order valence-electron chi connectivity index (χ2n) is 4.71. The number of fused-ring (bicyclic) bond motifs is 1. The van der Waals surface area contributed by atoms with Gasteiger partial charge in [0, 0.05) is 33.7 Å². The molecule has 1 aliphatic heterocycles. The van der Waals surface area contributed by atoms with Crippen molar-refractivity contribution in [2.45, 2.75) is 13.8 Å². The van der Waals surface area contributed by atoms with Gasteiger partial charge in [0.15, 0.2) is 0 Å². The van der Waals surface area contributed by atoms with Gasteiger partial charge in [0.2, 0.25) is 0 Å². The molecule has 0 bridgehead atoms. The lowest BCUT2D eigenvalue weighted by Gasteiger charge is -2.00. The van der Waals surface area contributed by atoms with E-state index < -0.39 is 0 Å². The molecule has 0 saturated carbocycles. The Labute approximate surface area is 116 Å². The van der Waals surface area contributed by atoms with Crippen LogP contribution in [0.1, 0.15) is 22.4 Å². The largest absolute Gasteiger partial charge is 0.364 e. The molecular formula is C15H13ClN2O. The minimum absolute atomic E-state index is 0.0859. The van der Waals surface area contributed by atoms with E-state index in [1.54, 1.807) is 6.07 Å². The molecule has 1 aromatic heterocycles. The first-order valence-electron chi connectivity index (χ1n) is 6.04. The van der Waals surface area contributed by atoms with E-state index in [1.807, 2.05) is 38.3 Å². The molecule has 1 aliphatic rings. The van der Waals surface area contributed by atoms with Crippen molar-refractivity contribution in [1.29, 1.82) is 0 Å². The van der Waals surface area contributed by atoms with Gasteiger partial charge in [-0.1, -0.05) is 11.6 Å². The monoisotopic (exact) mass is 272 g/mol. The molecule has 0 spiro atoms. The Bertz CT molecular complexity index is 693. The predicted molar refractivity (Wildman–Crippen MR) is 78.2 cm³/mol. The Morgan fingerprint density at radius 1 is 1.26 bits per heavy atom. The number of amides is 1. The van der Waals surface area contributed by atoms with Gasteiger partial charge >= 0.3 is 0 Å². The minimum atomic E-state index is -0.0859. The first kappa shape index (κ1) is 12.1. The number of nitrogens with one attached hydrogen (secondary N) is 2. The van der Waals surface area contributed by atoms with Crippen molar-refractivity contribution < 1.29 is 4.79 Å². The number of anilines is 1. The van der Waals surface area contributed by atoms with Gasteiger partial charge in [0.1, 0.15) is 0 Å². The summed E-state index contributed by atoms with van der Waals surface area (Å²) >= 11 is 6.01. The molecular weight excluding hydrogens is 260 g/mol. The van der Waals surface area contributed by atoms with Crippen molar-refractivity contribution in [1.82, 2.24) is 4.98 Å². The van der Waals surface area contributed by atoms with E-state index in [0.717, 1.165) is 28.1 Å². The minimum Gasteiger partial charge on any atom is -0.364 e. The average Bonchev–Trinajstić information content (AvgIpc) is 2.84. The lowest BCUT2D eigenvalue weighted by molar-refractivity contribution is -0.110. The molecule has 3 rings (SSSR count). The highest BCUT2D eigenvalue weighted by atomic mass is 35.5. The highest BCUT2D eigenvalue weighted by Crippen LogP contribution is 2.35. The second kappa shape index (κ2) is 4.28. The average molecular weight is 273 g/mol. The van der Waals surface area contributed by atoms with Crippen LogP contribution in [0.2, 0.25) is 5.02 Å². The Hall–Kier alpha value is -2.00. The van der Waals surface area contributed by atoms with Crippen molar-refractivity contribution in [2.24, 2.45) is 0 Å². The maximum atomic E-state index is 12.1. The Balaban J connectivity index is 2.17. The SMILES string of the molecule is Cc1c[nH]c(C)c1C=C1C(=O)Nc2ccc(Cl)cc21. The first-order valence-corrected chi connectivity index (χ1v) is 6.41. The van der Waals surface area contributed by atoms with Gasteiger partial charge in [-0.3, -0.25) is 4.79 Å². The molecule has 96 valence electrons. The highest BCUT2D eigenvalue weighted by Gasteiger charge is 2.24. The number of rotatable bonds is 1. The number of hydrogen-bond acceptors (Lipinski definition) is 1. The number of carbonyl (C=O) groups is 1. The predicted octanol–water partition coefficient (Wildman–Crippen LogP) is 3.78. The van der Waals surface area contributed by atoms with Gasteiger partial charge in [-0.2, -0.15) is 0 Å². The molecule has 1 amide bonds. The summed E-state index contributed by atoms with van der Waals surface area (Å²) in [7, 11) is 0. The molecule has 4 heteroatoms. The molecule has 0 unspecified atom stereocenters. The fraction of sp³-hybridized carbons (Fsp3) is 0.133. The molecule has 2 heterocycles. The van der Waals surface area contributed by atoms with Crippen molar-refractivity contribution in [3.8, 4) is 0 Å². The normalized spacial score (nSPS) is 15.7. The third-order valence-corrected chi connectivity index (χ3v) is 3.62. The van der Waals surface area contributed by atoms with E-state index in [4.69, 9.17) is 11.6 Å². The topological polar surface area (TPSA) is 44.9 Å². The second-order valence-corrected chi connectivity index (χ2v) is 5.15. The standard InChI is InChI=1S/C15H13ClN2O/c1-8-7-17-9(2)11(8)6-13-12-5-10(16)3-4-14(12)18-15(13)19/h3-7,17H,1-2H3,(H,18,19). The molecule has 2 N–H and O–H groups in total. The summed E-state index contributed by atoms with van der Waals surface area (Å²) in [5, 5.41) is 3.48. The van der Waals surface area contributed by atoms with E-state index in [2.05, 4.69) is 10.3 Å². The summed E-state index contributed by atoms with van der Waals surface area (Å²) in [5.41, 5.74) is 5.55. The van der Waals surface area contributed by atoms with Crippen LogP contribution in [0.15, 0.2) is 24.4 Å². The zero-order chi connectivity index (χ0) is 13.6. The quantitative estimate of drug-likeness (QED) is 0.763. The zero-order valence-corrected chi connectivity index (χ0v) is 11.4. The maximum absolute atomic E-state index is 12.1. The molecule has 3 nitrogen and oxygen atoms in total. The molecule has 0 aliphatic carbocycles. The lowest BCUT2D eigenvalue weighted by atomic mass is 10.0. The molecule has 2 aromatic rings. The number of aromatic nitrogens is 1. The summed E-state index contributed by atoms with van der Waals surface area (Å²) in [4.78, 5) is 15.2. The number of H-pyrrole nitrogens is 1. The van der Waals surface area contributed by atoms with E-state index in [0.29, 0.717) is 10.6 Å². The van der Waals surface area contributed by atoms with Gasteiger partial charge < -0.3 is 10.3 Å². The van der Waals surface area contributed by atoms with Gasteiger partial charge in [-0.15, -0.1) is 0 Å². The number of aromatic amines is 1. The number of benzene rings is 1. The molecule has 0 atom stereocenters. The first-order chi connectivity index (χ1) is 9.06. The summed E-state index contributed by atoms with van der Waals surface area (Å²) in [6, 6.07) is 5.42. The van der Waals surface area contributed by atoms with Gasteiger partial charge in [0.25, 0.3) is 5.91 Å². The number of hydrogen-bond donors (Lipinski definition) is 2. The van der Waals surface area contributed by atoms with Crippen LogP contribution in [0.3, 0.4) is 0 Å². The van der Waals surface area contributed by atoms with Gasteiger partial charge in [-0.05, 0) is 49.2 Å². The molecule has 0 fully saturated rings. The Morgan fingerprint density at radius 3 is 2.74 bits per heavy atom. The molecule has 0 radical (unpaired) electrons. The van der Waals surface area contributed by atoms with Crippen LogP contribution in [0.4, 0.5) is 5.69 Å². The summed E-state index contributed by atoms with van der Waals surface area (Å²) in [6.07, 6.45) is 3.85. The van der Waals surface area contributed by atoms with Crippen molar-refractivity contribution in [2.75, 3.05) is 5.32 Å². The van der Waals surface area contributed by atoms with Crippen molar-refractivity contribution in [3.05, 3.63) is 51.8 Å². The van der Waals surface area contributed by atoms with Crippen molar-refractivity contribution >= 4 is 34.8 Å². The number of carbonyl (C=O) groups excluding carboxylic acids is 1. The molecule has 0 saturated heterocycles. The Morgan fingerprint density at radius 2 is 2.05 bits per heavy atom. The van der Waals surface area contributed by atoms with Crippen LogP contribution < -0.4 is 5.32 Å². The Kier molecular flexibility index (Phi) is 2.72. The van der Waals surface area contributed by atoms with E-state index in [-0.39, 0.29) is 5.91 Å². The van der Waals surface area contributed by atoms with Crippen LogP contribution in [-0.4, -0.2) is 10.9 Å². The van der Waals surface area contributed by atoms with Crippen LogP contribution in [-0.2, 0) is 4.79 Å². The number of halogens is 1. The van der Waals surface area contributed by atoms with Crippen LogP contribution >= 0.6 is 11.6 Å². The van der Waals surface area contributed by atoms with Crippen LogP contribution in [0.25, 0.3) is 11.6 Å². The van der Waals surface area contributed by atoms with Crippen molar-refractivity contribution in [3.63, 3.8) is 0 Å². The van der Waals surface area contributed by atoms with E-state index in [1.165, 1.54) is 0 Å². The van der Waals surface area contributed by atoms with Gasteiger partial charge in [0.05, 0.1) is 0 Å². The number of aryl methyl sites for hydroxylation is 2. The maximum Gasteiger partial charge on any atom is 0.256 e. The molecule has 1 aromatic carbocycles. The lowest BCUT2D eigenvalue weighted by Crippen LogP contribution is -2.03. The summed E-state index contributed by atoms with van der Waals surface area (Å²) < 4.78 is 0. The van der Waals surface area contributed by atoms with E-state index in [9.17, 15) is 4.79 Å². The molecule has 19 heavy (non-hydrogen) atoms. The van der Waals surface area contributed by atoms with Crippen LogP contribution in [0, 0.1) is 13.8 Å². The fourth-order valence-corrected chi connectivity index (χ4v) is 2.51. The summed E-state index contributed by atoms with van der Waals surface area (Å²) in [5.74, 6) is -0.0859. The fourth-order valence-electron chi connectivity index (χ4n) is 2.34. The van der Waals surface area contributed by atoms with Crippen LogP contribution in [0.5, 0.6) is 0 Å². The summed E-state index contributed by atoms with van der Waals surface area (Å²) in [6.45, 7) is 4.01. The smallest absolute Gasteiger partial charge is 0.256 e. The highest BCUT2D eigenvalue weighted by molar-refractivity contribution is 6.36. The van der Waals surface area contributed by atoms with Gasteiger partial charge in [-0.25, -0.2) is 0 Å². The third-order valence-electron chi connectivity index (χ3n) is 3.39. The van der Waals surface area contributed by atoms with E-state index >= 15 is 0 Å². The third kappa shape index (κ3) is 1.96.